The van der Waals surface area contributed by atoms with E-state index >= 15 is 0 Å². The zero-order valence-corrected chi connectivity index (χ0v) is 12.7. The van der Waals surface area contributed by atoms with Crippen LogP contribution in [0.5, 0.6) is 0 Å². The summed E-state index contributed by atoms with van der Waals surface area (Å²) in [7, 11) is 0. The lowest BCUT2D eigenvalue weighted by atomic mass is 10.0. The van der Waals surface area contributed by atoms with Gasteiger partial charge in [-0.3, -0.25) is 9.59 Å². The molecule has 0 bridgehead atoms. The van der Waals surface area contributed by atoms with E-state index < -0.39 is 0 Å². The predicted octanol–water partition coefficient (Wildman–Crippen LogP) is 2.04. The molecule has 0 aliphatic carbocycles. The Labute approximate surface area is 116 Å². The van der Waals surface area contributed by atoms with Crippen molar-refractivity contribution in [3.8, 4) is 0 Å². The van der Waals surface area contributed by atoms with Gasteiger partial charge in [-0.05, 0) is 11.8 Å². The van der Waals surface area contributed by atoms with Crippen LogP contribution in [0.25, 0.3) is 0 Å². The molecule has 0 aromatic heterocycles. The van der Waals surface area contributed by atoms with Gasteiger partial charge in [-0.15, -0.1) is 0 Å². The third kappa shape index (κ3) is 4.84. The number of likely N-dealkylation sites (tertiary alicyclic amines) is 1. The standard InChI is InChI=1S/C15H28N2O2/c1-5-12(6-2)8-16-15(19)13-7-14(18)17(10-13)9-11(3)4/h11-13H,5-10H2,1-4H3,(H,16,19). The maximum absolute atomic E-state index is 12.1. The number of nitrogens with one attached hydrogen (secondary N) is 1. The fourth-order valence-electron chi connectivity index (χ4n) is 2.53. The fraction of sp³-hybridized carbons (Fsp3) is 0.867. The third-order valence-electron chi connectivity index (χ3n) is 3.89. The molecule has 1 aliphatic heterocycles. The summed E-state index contributed by atoms with van der Waals surface area (Å²) in [5.41, 5.74) is 0. The van der Waals surface area contributed by atoms with Crippen LogP contribution in [0.15, 0.2) is 0 Å². The third-order valence-corrected chi connectivity index (χ3v) is 3.89. The quantitative estimate of drug-likeness (QED) is 0.768. The number of hydrogen-bond donors (Lipinski definition) is 1. The van der Waals surface area contributed by atoms with Gasteiger partial charge in [0.2, 0.25) is 11.8 Å². The minimum absolute atomic E-state index is 0.0477. The number of hydrogen-bond acceptors (Lipinski definition) is 2. The van der Waals surface area contributed by atoms with E-state index in [1.54, 1.807) is 0 Å². The van der Waals surface area contributed by atoms with E-state index in [9.17, 15) is 9.59 Å². The van der Waals surface area contributed by atoms with Crippen LogP contribution in [0.2, 0.25) is 0 Å². The molecule has 1 rings (SSSR count). The lowest BCUT2D eigenvalue weighted by Gasteiger charge is -2.19. The van der Waals surface area contributed by atoms with Crippen molar-refractivity contribution < 1.29 is 9.59 Å². The molecule has 19 heavy (non-hydrogen) atoms. The highest BCUT2D eigenvalue weighted by molar-refractivity contribution is 5.89. The van der Waals surface area contributed by atoms with Gasteiger partial charge in [0.05, 0.1) is 5.92 Å². The monoisotopic (exact) mass is 268 g/mol. The molecular weight excluding hydrogens is 240 g/mol. The van der Waals surface area contributed by atoms with Crippen molar-refractivity contribution in [1.82, 2.24) is 10.2 Å². The number of carbonyl (C=O) groups excluding carboxylic acids is 2. The van der Waals surface area contributed by atoms with Gasteiger partial charge in [-0.25, -0.2) is 0 Å². The van der Waals surface area contributed by atoms with Crippen LogP contribution < -0.4 is 5.32 Å². The van der Waals surface area contributed by atoms with Crippen LogP contribution in [0.4, 0.5) is 0 Å². The summed E-state index contributed by atoms with van der Waals surface area (Å²) in [6.07, 6.45) is 2.54. The Morgan fingerprint density at radius 1 is 1.37 bits per heavy atom. The van der Waals surface area contributed by atoms with Crippen molar-refractivity contribution >= 4 is 11.8 Å². The lowest BCUT2D eigenvalue weighted by molar-refractivity contribution is -0.129. The first-order valence-electron chi connectivity index (χ1n) is 7.53. The average Bonchev–Trinajstić information content (AvgIpc) is 2.71. The van der Waals surface area contributed by atoms with Crippen LogP contribution in [-0.2, 0) is 9.59 Å². The Balaban J connectivity index is 2.40. The fourth-order valence-corrected chi connectivity index (χ4v) is 2.53. The van der Waals surface area contributed by atoms with Crippen LogP contribution in [0.1, 0.15) is 47.0 Å². The van der Waals surface area contributed by atoms with E-state index in [0.717, 1.165) is 25.9 Å². The molecule has 1 saturated heterocycles. The Bertz CT molecular complexity index is 311. The Hall–Kier alpha value is -1.06. The van der Waals surface area contributed by atoms with Gasteiger partial charge in [0.1, 0.15) is 0 Å². The van der Waals surface area contributed by atoms with Gasteiger partial charge in [0.15, 0.2) is 0 Å². The van der Waals surface area contributed by atoms with E-state index in [2.05, 4.69) is 33.0 Å². The summed E-state index contributed by atoms with van der Waals surface area (Å²) >= 11 is 0. The molecule has 0 spiro atoms. The summed E-state index contributed by atoms with van der Waals surface area (Å²) in [4.78, 5) is 25.7. The van der Waals surface area contributed by atoms with Gasteiger partial charge < -0.3 is 10.2 Å². The van der Waals surface area contributed by atoms with Crippen molar-refractivity contribution in [1.29, 1.82) is 0 Å². The second-order valence-corrected chi connectivity index (χ2v) is 6.02. The molecule has 1 aliphatic rings. The summed E-state index contributed by atoms with van der Waals surface area (Å²) in [5.74, 6) is 1.02. The molecule has 4 nitrogen and oxygen atoms in total. The minimum Gasteiger partial charge on any atom is -0.356 e. The molecule has 0 aromatic carbocycles. The number of nitrogens with zero attached hydrogens (tertiary/aromatic N) is 1. The lowest BCUT2D eigenvalue weighted by Crippen LogP contribution is -2.36. The second kappa shape index (κ2) is 7.51. The van der Waals surface area contributed by atoms with Crippen molar-refractivity contribution in [2.24, 2.45) is 17.8 Å². The molecule has 0 radical (unpaired) electrons. The molecule has 1 fully saturated rings. The van der Waals surface area contributed by atoms with Crippen molar-refractivity contribution in [3.63, 3.8) is 0 Å². The first kappa shape index (κ1) is 16.0. The molecule has 110 valence electrons. The van der Waals surface area contributed by atoms with Crippen LogP contribution in [-0.4, -0.2) is 36.3 Å². The Kier molecular flexibility index (Phi) is 6.32. The SMILES string of the molecule is CCC(CC)CNC(=O)C1CC(=O)N(CC(C)C)C1. The Morgan fingerprint density at radius 3 is 2.53 bits per heavy atom. The Morgan fingerprint density at radius 2 is 2.00 bits per heavy atom. The molecule has 1 heterocycles. The highest BCUT2D eigenvalue weighted by Crippen LogP contribution is 2.19. The van der Waals surface area contributed by atoms with Gasteiger partial charge in [-0.1, -0.05) is 40.5 Å². The molecule has 4 heteroatoms. The van der Waals surface area contributed by atoms with Crippen molar-refractivity contribution in [2.75, 3.05) is 19.6 Å². The topological polar surface area (TPSA) is 49.4 Å². The largest absolute Gasteiger partial charge is 0.356 e. The average molecular weight is 268 g/mol. The van der Waals surface area contributed by atoms with Crippen molar-refractivity contribution in [3.05, 3.63) is 0 Å². The summed E-state index contributed by atoms with van der Waals surface area (Å²) in [6.45, 7) is 10.6. The number of carbonyl (C=O) groups is 2. The molecular formula is C15H28N2O2. The molecule has 1 N–H and O–H groups in total. The van der Waals surface area contributed by atoms with Gasteiger partial charge in [0, 0.05) is 26.1 Å². The van der Waals surface area contributed by atoms with Gasteiger partial charge in [0.25, 0.3) is 0 Å². The van der Waals surface area contributed by atoms with E-state index in [-0.39, 0.29) is 17.7 Å². The van der Waals surface area contributed by atoms with Gasteiger partial charge >= 0.3 is 0 Å². The maximum Gasteiger partial charge on any atom is 0.225 e. The van der Waals surface area contributed by atoms with E-state index in [1.807, 2.05) is 4.90 Å². The molecule has 1 atom stereocenters. The van der Waals surface area contributed by atoms with Crippen molar-refractivity contribution in [2.45, 2.75) is 47.0 Å². The zero-order valence-electron chi connectivity index (χ0n) is 12.7. The normalized spacial score (nSPS) is 19.6. The van der Waals surface area contributed by atoms with Gasteiger partial charge in [-0.2, -0.15) is 0 Å². The molecule has 2 amide bonds. The van der Waals surface area contributed by atoms with E-state index in [0.29, 0.717) is 24.8 Å². The second-order valence-electron chi connectivity index (χ2n) is 6.02. The highest BCUT2D eigenvalue weighted by atomic mass is 16.2. The number of amides is 2. The molecule has 0 saturated carbocycles. The predicted molar refractivity (Wildman–Crippen MR) is 76.6 cm³/mol. The van der Waals surface area contributed by atoms with E-state index in [4.69, 9.17) is 0 Å². The number of rotatable bonds is 7. The first-order chi connectivity index (χ1) is 8.97. The maximum atomic E-state index is 12.1. The highest BCUT2D eigenvalue weighted by Gasteiger charge is 2.34. The van der Waals surface area contributed by atoms with E-state index in [1.165, 1.54) is 0 Å². The molecule has 1 unspecified atom stereocenters. The summed E-state index contributed by atoms with van der Waals surface area (Å²) < 4.78 is 0. The first-order valence-corrected chi connectivity index (χ1v) is 7.53. The smallest absolute Gasteiger partial charge is 0.225 e. The van der Waals surface area contributed by atoms with Crippen LogP contribution in [0.3, 0.4) is 0 Å². The molecule has 0 aromatic rings. The van der Waals surface area contributed by atoms with Crippen LogP contribution in [0, 0.1) is 17.8 Å². The van der Waals surface area contributed by atoms with Crippen LogP contribution >= 0.6 is 0 Å². The summed E-state index contributed by atoms with van der Waals surface area (Å²) in [5, 5.41) is 3.00. The minimum atomic E-state index is -0.152. The zero-order chi connectivity index (χ0) is 14.4. The summed E-state index contributed by atoms with van der Waals surface area (Å²) in [6, 6.07) is 0.